The van der Waals surface area contributed by atoms with E-state index in [1.807, 2.05) is 6.07 Å². The van der Waals surface area contributed by atoms with Crippen molar-refractivity contribution in [2.75, 3.05) is 5.73 Å². The highest BCUT2D eigenvalue weighted by Gasteiger charge is 2.11. The molecule has 1 atom stereocenters. The summed E-state index contributed by atoms with van der Waals surface area (Å²) in [5, 5.41) is 0.437. The van der Waals surface area contributed by atoms with Crippen molar-refractivity contribution in [3.63, 3.8) is 0 Å². The summed E-state index contributed by atoms with van der Waals surface area (Å²) in [5.74, 6) is 0.401. The molecule has 0 aromatic carbocycles. The molecule has 0 amide bonds. The number of anilines is 1. The lowest BCUT2D eigenvalue weighted by Crippen LogP contribution is -2.02. The van der Waals surface area contributed by atoms with Gasteiger partial charge in [-0.2, -0.15) is 0 Å². The van der Waals surface area contributed by atoms with Crippen LogP contribution in [0.5, 0.6) is 0 Å². The number of hydrogen-bond donors (Lipinski definition) is 1. The molecule has 1 unspecified atom stereocenters. The van der Waals surface area contributed by atoms with E-state index in [1.165, 1.54) is 11.3 Å². The van der Waals surface area contributed by atoms with E-state index in [9.17, 15) is 4.21 Å². The minimum atomic E-state index is -1.22. The SMILES string of the molecule is Nc1cccnc1S(=O)Cc1ccc(Cl)s1. The molecule has 16 heavy (non-hydrogen) atoms. The maximum atomic E-state index is 12.0. The Morgan fingerprint density at radius 2 is 2.25 bits per heavy atom. The minimum absolute atomic E-state index is 0.401. The Morgan fingerprint density at radius 1 is 1.44 bits per heavy atom. The van der Waals surface area contributed by atoms with Crippen LogP contribution in [-0.2, 0) is 16.6 Å². The minimum Gasteiger partial charge on any atom is -0.396 e. The lowest BCUT2D eigenvalue weighted by molar-refractivity contribution is 0.680. The molecule has 0 fully saturated rings. The third kappa shape index (κ3) is 2.61. The zero-order chi connectivity index (χ0) is 11.5. The molecule has 2 aromatic heterocycles. The van der Waals surface area contributed by atoms with Gasteiger partial charge in [0.1, 0.15) is 5.03 Å². The summed E-state index contributed by atoms with van der Waals surface area (Å²) < 4.78 is 12.7. The van der Waals surface area contributed by atoms with Crippen LogP contribution in [0, 0.1) is 0 Å². The Labute approximate surface area is 105 Å². The number of pyridine rings is 1. The summed E-state index contributed by atoms with van der Waals surface area (Å²) in [4.78, 5) is 4.99. The molecule has 0 saturated heterocycles. The van der Waals surface area contributed by atoms with Crippen LogP contribution in [0.3, 0.4) is 0 Å². The Morgan fingerprint density at radius 3 is 2.88 bits per heavy atom. The monoisotopic (exact) mass is 272 g/mol. The molecule has 0 aliphatic heterocycles. The standard InChI is InChI=1S/C10H9ClN2OS2/c11-9-4-3-7(15-9)6-16(14)10-8(12)2-1-5-13-10/h1-5H,6,12H2. The zero-order valence-corrected chi connectivity index (χ0v) is 10.6. The molecule has 0 radical (unpaired) electrons. The van der Waals surface area contributed by atoms with Crippen molar-refractivity contribution >= 4 is 39.4 Å². The summed E-state index contributed by atoms with van der Waals surface area (Å²) in [5.41, 5.74) is 6.16. The number of rotatable bonds is 3. The Kier molecular flexibility index (Phi) is 3.58. The third-order valence-corrected chi connectivity index (χ3v) is 4.68. The lowest BCUT2D eigenvalue weighted by Gasteiger charge is -2.02. The van der Waals surface area contributed by atoms with E-state index in [0.717, 1.165) is 4.88 Å². The number of hydrogen-bond acceptors (Lipinski definition) is 4. The van der Waals surface area contributed by atoms with E-state index >= 15 is 0 Å². The smallest absolute Gasteiger partial charge is 0.150 e. The molecular weight excluding hydrogens is 264 g/mol. The van der Waals surface area contributed by atoms with Crippen molar-refractivity contribution in [3.05, 3.63) is 39.7 Å². The van der Waals surface area contributed by atoms with Crippen molar-refractivity contribution in [2.45, 2.75) is 10.8 Å². The van der Waals surface area contributed by atoms with E-state index in [0.29, 0.717) is 20.8 Å². The predicted octanol–water partition coefficient (Wildman–Crippen LogP) is 2.69. The molecule has 0 aliphatic carbocycles. The first-order valence-electron chi connectivity index (χ1n) is 4.50. The third-order valence-electron chi connectivity index (χ3n) is 1.92. The maximum absolute atomic E-state index is 12.0. The van der Waals surface area contributed by atoms with Crippen molar-refractivity contribution in [1.82, 2.24) is 4.98 Å². The summed E-state index contributed by atoms with van der Waals surface area (Å²) in [6, 6.07) is 7.07. The molecule has 0 aliphatic rings. The molecule has 0 saturated carbocycles. The normalized spacial score (nSPS) is 12.6. The van der Waals surface area contributed by atoms with Gasteiger partial charge in [-0.25, -0.2) is 4.98 Å². The Hall–Kier alpha value is -0.910. The molecular formula is C10H9ClN2OS2. The van der Waals surface area contributed by atoms with Crippen LogP contribution < -0.4 is 5.73 Å². The quantitative estimate of drug-likeness (QED) is 0.935. The first-order chi connectivity index (χ1) is 7.66. The van der Waals surface area contributed by atoms with Crippen molar-refractivity contribution in [1.29, 1.82) is 0 Å². The van der Waals surface area contributed by atoms with E-state index < -0.39 is 10.8 Å². The molecule has 2 aromatic rings. The highest BCUT2D eigenvalue weighted by atomic mass is 35.5. The van der Waals surface area contributed by atoms with Crippen LogP contribution in [0.25, 0.3) is 0 Å². The number of halogens is 1. The number of nitrogens with zero attached hydrogens (tertiary/aromatic N) is 1. The first-order valence-corrected chi connectivity index (χ1v) is 7.01. The van der Waals surface area contributed by atoms with Crippen LogP contribution in [0.15, 0.2) is 35.5 Å². The van der Waals surface area contributed by atoms with Crippen LogP contribution in [0.4, 0.5) is 5.69 Å². The number of thiophene rings is 1. The molecule has 0 spiro atoms. The van der Waals surface area contributed by atoms with Gasteiger partial charge in [0.15, 0.2) is 0 Å². The van der Waals surface area contributed by atoms with E-state index in [4.69, 9.17) is 17.3 Å². The van der Waals surface area contributed by atoms with Crippen LogP contribution in [0.2, 0.25) is 4.34 Å². The largest absolute Gasteiger partial charge is 0.396 e. The summed E-state index contributed by atoms with van der Waals surface area (Å²) in [6.45, 7) is 0. The fourth-order valence-electron chi connectivity index (χ4n) is 1.22. The van der Waals surface area contributed by atoms with Gasteiger partial charge in [-0.3, -0.25) is 4.21 Å². The maximum Gasteiger partial charge on any atom is 0.150 e. The van der Waals surface area contributed by atoms with E-state index in [-0.39, 0.29) is 0 Å². The van der Waals surface area contributed by atoms with Crippen molar-refractivity contribution in [2.24, 2.45) is 0 Å². The van der Waals surface area contributed by atoms with Gasteiger partial charge in [0, 0.05) is 11.1 Å². The molecule has 3 nitrogen and oxygen atoms in total. The van der Waals surface area contributed by atoms with Crippen LogP contribution in [0.1, 0.15) is 4.88 Å². The highest BCUT2D eigenvalue weighted by Crippen LogP contribution is 2.24. The molecule has 2 rings (SSSR count). The molecule has 84 valence electrons. The van der Waals surface area contributed by atoms with E-state index in [1.54, 1.807) is 24.4 Å². The van der Waals surface area contributed by atoms with Gasteiger partial charge in [0.05, 0.1) is 26.6 Å². The number of aromatic nitrogens is 1. The predicted molar refractivity (Wildman–Crippen MR) is 68.1 cm³/mol. The van der Waals surface area contributed by atoms with Gasteiger partial charge in [0.2, 0.25) is 0 Å². The molecule has 0 bridgehead atoms. The molecule has 6 heteroatoms. The molecule has 2 heterocycles. The topological polar surface area (TPSA) is 56.0 Å². The van der Waals surface area contributed by atoms with Crippen LogP contribution >= 0.6 is 22.9 Å². The summed E-state index contributed by atoms with van der Waals surface area (Å²) in [6.07, 6.45) is 1.59. The lowest BCUT2D eigenvalue weighted by atomic mass is 10.4. The van der Waals surface area contributed by atoms with Gasteiger partial charge >= 0.3 is 0 Å². The number of nitrogen functional groups attached to an aromatic ring is 1. The van der Waals surface area contributed by atoms with Gasteiger partial charge in [-0.05, 0) is 24.3 Å². The Balaban J connectivity index is 2.18. The van der Waals surface area contributed by atoms with Crippen molar-refractivity contribution in [3.8, 4) is 0 Å². The van der Waals surface area contributed by atoms with Gasteiger partial charge in [0.25, 0.3) is 0 Å². The second-order valence-electron chi connectivity index (χ2n) is 3.09. The number of nitrogens with two attached hydrogens (primary N) is 1. The summed E-state index contributed by atoms with van der Waals surface area (Å²) in [7, 11) is -1.22. The highest BCUT2D eigenvalue weighted by molar-refractivity contribution is 7.84. The van der Waals surface area contributed by atoms with Gasteiger partial charge < -0.3 is 5.73 Å². The van der Waals surface area contributed by atoms with E-state index in [2.05, 4.69) is 4.98 Å². The Bertz CT molecular complexity index is 527. The first kappa shape index (κ1) is 11.6. The second kappa shape index (κ2) is 4.95. The summed E-state index contributed by atoms with van der Waals surface area (Å²) >= 11 is 7.22. The molecule has 2 N–H and O–H groups in total. The van der Waals surface area contributed by atoms with Crippen LogP contribution in [-0.4, -0.2) is 9.19 Å². The van der Waals surface area contributed by atoms with Gasteiger partial charge in [-0.1, -0.05) is 11.6 Å². The average Bonchev–Trinajstić information content (AvgIpc) is 2.64. The second-order valence-corrected chi connectivity index (χ2v) is 6.26. The average molecular weight is 273 g/mol. The zero-order valence-electron chi connectivity index (χ0n) is 8.22. The fraction of sp³-hybridized carbons (Fsp3) is 0.100. The van der Waals surface area contributed by atoms with Crippen molar-refractivity contribution < 1.29 is 4.21 Å². The fourth-order valence-corrected chi connectivity index (χ4v) is 3.66. The van der Waals surface area contributed by atoms with Gasteiger partial charge in [-0.15, -0.1) is 11.3 Å².